The third-order valence-electron chi connectivity index (χ3n) is 0.875. The van der Waals surface area contributed by atoms with Crippen molar-refractivity contribution < 1.29 is 0 Å². The van der Waals surface area contributed by atoms with Crippen LogP contribution in [0.25, 0.3) is 0 Å². The first-order valence-electron chi connectivity index (χ1n) is 2.04. The highest BCUT2D eigenvalue weighted by Gasteiger charge is 1.96. The Balaban J connectivity index is 3.19. The van der Waals surface area contributed by atoms with E-state index in [0.717, 1.165) is 8.43 Å². The van der Waals surface area contributed by atoms with Crippen molar-refractivity contribution >= 4 is 38.5 Å². The van der Waals surface area contributed by atoms with Crippen LogP contribution in [0.15, 0.2) is 10.8 Å². The zero-order valence-electron chi connectivity index (χ0n) is 4.23. The molecule has 0 saturated heterocycles. The van der Waals surface area contributed by atoms with Crippen molar-refractivity contribution in [1.82, 2.24) is 9.55 Å². The Labute approximate surface area is 69.6 Å². The summed E-state index contributed by atoms with van der Waals surface area (Å²) < 4.78 is 3.97. The van der Waals surface area contributed by atoms with Crippen molar-refractivity contribution in [1.29, 1.82) is 0 Å². The minimum atomic E-state index is 0.995. The van der Waals surface area contributed by atoms with Gasteiger partial charge in [-0.3, -0.25) is 0 Å². The lowest BCUT2D eigenvalue weighted by molar-refractivity contribution is 0.857. The second kappa shape index (κ2) is 2.34. The van der Waals surface area contributed by atoms with Gasteiger partial charge in [-0.25, -0.2) is 4.98 Å². The van der Waals surface area contributed by atoms with Gasteiger partial charge < -0.3 is 4.57 Å². The zero-order valence-corrected chi connectivity index (χ0v) is 7.97. The maximum absolute atomic E-state index is 4.02. The molecule has 0 aliphatic carbocycles. The fraction of sp³-hybridized carbons (Fsp3) is 0.250. The number of hydrogen-bond acceptors (Lipinski definition) is 1. The number of rotatable bonds is 0. The second-order valence-corrected chi connectivity index (χ2v) is 3.19. The first-order valence-corrected chi connectivity index (χ1v) is 3.91. The summed E-state index contributed by atoms with van der Waals surface area (Å²) in [4.78, 5) is 4.02. The van der Waals surface area contributed by atoms with Crippen LogP contribution in [-0.4, -0.2) is 9.55 Å². The van der Waals surface area contributed by atoms with Gasteiger partial charge in [-0.2, -0.15) is 0 Å². The lowest BCUT2D eigenvalue weighted by Crippen LogP contribution is -1.89. The first kappa shape index (κ1) is 6.54. The normalized spacial score (nSPS) is 9.88. The maximum atomic E-state index is 4.02. The quantitative estimate of drug-likeness (QED) is 0.665. The highest BCUT2D eigenvalue weighted by Crippen LogP contribution is 2.10. The molecule has 0 N–H and O–H groups in total. The van der Waals surface area contributed by atoms with Gasteiger partial charge in [0.2, 0.25) is 0 Å². The molecule has 44 valence electrons. The summed E-state index contributed by atoms with van der Waals surface area (Å²) in [5, 5.41) is 0. The van der Waals surface area contributed by atoms with Crippen LogP contribution in [0.2, 0.25) is 0 Å². The molecule has 0 saturated carbocycles. The fourth-order valence-corrected chi connectivity index (χ4v) is 1.37. The lowest BCUT2D eigenvalue weighted by Gasteiger charge is -1.90. The second-order valence-electron chi connectivity index (χ2n) is 1.41. The molecule has 1 rings (SSSR count). The highest BCUT2D eigenvalue weighted by molar-refractivity contribution is 14.1. The van der Waals surface area contributed by atoms with Crippen molar-refractivity contribution in [3.05, 3.63) is 14.6 Å². The van der Waals surface area contributed by atoms with E-state index in [2.05, 4.69) is 43.5 Å². The van der Waals surface area contributed by atoms with E-state index in [1.54, 1.807) is 6.20 Å². The number of hydrogen-bond donors (Lipinski definition) is 0. The van der Waals surface area contributed by atoms with Crippen molar-refractivity contribution in [2.45, 2.75) is 0 Å². The van der Waals surface area contributed by atoms with Crippen LogP contribution in [0, 0.1) is 3.83 Å². The maximum Gasteiger partial charge on any atom is 0.171 e. The molecule has 0 bridgehead atoms. The van der Waals surface area contributed by atoms with Gasteiger partial charge in [0.05, 0.1) is 6.20 Å². The Hall–Kier alpha value is 0.420. The van der Waals surface area contributed by atoms with Gasteiger partial charge in [-0.05, 0) is 38.5 Å². The third-order valence-corrected chi connectivity index (χ3v) is 2.61. The lowest BCUT2D eigenvalue weighted by atomic mass is 10.9. The molecule has 1 aromatic rings. The average molecular weight is 287 g/mol. The summed E-state index contributed by atoms with van der Waals surface area (Å²) in [7, 11) is 1.96. The predicted molar refractivity (Wildman–Crippen MR) is 43.6 cm³/mol. The van der Waals surface area contributed by atoms with Crippen molar-refractivity contribution in [2.24, 2.45) is 7.05 Å². The molecule has 1 aromatic heterocycles. The molecule has 0 aliphatic rings. The van der Waals surface area contributed by atoms with Crippen LogP contribution >= 0.6 is 38.5 Å². The van der Waals surface area contributed by atoms with E-state index in [4.69, 9.17) is 0 Å². The van der Waals surface area contributed by atoms with Crippen LogP contribution in [0.4, 0.5) is 0 Å². The molecule has 0 aromatic carbocycles. The molecule has 0 amide bonds. The van der Waals surface area contributed by atoms with Crippen LogP contribution in [0.1, 0.15) is 0 Å². The van der Waals surface area contributed by atoms with Gasteiger partial charge in [-0.1, -0.05) is 0 Å². The summed E-state index contributed by atoms with van der Waals surface area (Å²) in [5.74, 6) is 0. The SMILES string of the molecule is Cn1c(Br)cnc1I. The Morgan fingerprint density at radius 1 is 1.88 bits per heavy atom. The minimum absolute atomic E-state index is 0.995. The Bertz CT molecular complexity index is 176. The molecule has 0 fully saturated rings. The highest BCUT2D eigenvalue weighted by atomic mass is 127. The number of halogens is 2. The van der Waals surface area contributed by atoms with E-state index >= 15 is 0 Å². The van der Waals surface area contributed by atoms with Gasteiger partial charge in [0, 0.05) is 7.05 Å². The van der Waals surface area contributed by atoms with E-state index in [1.807, 2.05) is 11.6 Å². The first-order chi connectivity index (χ1) is 3.72. The Kier molecular flexibility index (Phi) is 1.92. The van der Waals surface area contributed by atoms with E-state index in [1.165, 1.54) is 0 Å². The topological polar surface area (TPSA) is 17.8 Å². The molecule has 0 spiro atoms. The summed E-state index contributed by atoms with van der Waals surface area (Å²) >= 11 is 5.48. The molecule has 0 radical (unpaired) electrons. The Morgan fingerprint density at radius 2 is 2.50 bits per heavy atom. The molecule has 0 aliphatic heterocycles. The monoisotopic (exact) mass is 286 g/mol. The minimum Gasteiger partial charge on any atom is -0.317 e. The van der Waals surface area contributed by atoms with Crippen LogP contribution in [-0.2, 0) is 7.05 Å². The molecule has 1 heterocycles. The van der Waals surface area contributed by atoms with Crippen LogP contribution in [0.3, 0.4) is 0 Å². The fourth-order valence-electron chi connectivity index (χ4n) is 0.368. The smallest absolute Gasteiger partial charge is 0.171 e. The van der Waals surface area contributed by atoms with Gasteiger partial charge >= 0.3 is 0 Å². The third kappa shape index (κ3) is 1.05. The average Bonchev–Trinajstić information content (AvgIpc) is 1.98. The van der Waals surface area contributed by atoms with Gasteiger partial charge in [0.15, 0.2) is 3.83 Å². The largest absolute Gasteiger partial charge is 0.317 e. The molecular weight excluding hydrogens is 283 g/mol. The molecule has 0 atom stereocenters. The summed E-state index contributed by atoms with van der Waals surface area (Å²) in [5.41, 5.74) is 0. The van der Waals surface area contributed by atoms with Gasteiger partial charge in [0.1, 0.15) is 4.60 Å². The molecule has 4 heteroatoms. The summed E-state index contributed by atoms with van der Waals surface area (Å²) in [6.07, 6.45) is 1.78. The van der Waals surface area contributed by atoms with Crippen molar-refractivity contribution in [3.63, 3.8) is 0 Å². The van der Waals surface area contributed by atoms with Gasteiger partial charge in [0.25, 0.3) is 0 Å². The molecular formula is C4H4BrIN2. The van der Waals surface area contributed by atoms with E-state index in [0.29, 0.717) is 0 Å². The van der Waals surface area contributed by atoms with E-state index < -0.39 is 0 Å². The van der Waals surface area contributed by atoms with Gasteiger partial charge in [-0.15, -0.1) is 0 Å². The standard InChI is InChI=1S/C4H4BrIN2/c1-8-3(5)2-7-4(8)6/h2H,1H3. The van der Waals surface area contributed by atoms with E-state index in [-0.39, 0.29) is 0 Å². The van der Waals surface area contributed by atoms with Crippen LogP contribution in [0.5, 0.6) is 0 Å². The molecule has 0 unspecified atom stereocenters. The zero-order chi connectivity index (χ0) is 6.15. The number of aromatic nitrogens is 2. The summed E-state index contributed by atoms with van der Waals surface area (Å²) in [6.45, 7) is 0. The Morgan fingerprint density at radius 3 is 2.62 bits per heavy atom. The van der Waals surface area contributed by atoms with Crippen LogP contribution < -0.4 is 0 Å². The summed E-state index contributed by atoms with van der Waals surface area (Å²) in [6, 6.07) is 0. The molecule has 2 nitrogen and oxygen atoms in total. The molecule has 8 heavy (non-hydrogen) atoms. The van der Waals surface area contributed by atoms with Crippen molar-refractivity contribution in [2.75, 3.05) is 0 Å². The number of nitrogens with zero attached hydrogens (tertiary/aromatic N) is 2. The van der Waals surface area contributed by atoms with E-state index in [9.17, 15) is 0 Å². The number of imidazole rings is 1. The predicted octanol–water partition coefficient (Wildman–Crippen LogP) is 1.79. The van der Waals surface area contributed by atoms with Crippen molar-refractivity contribution in [3.8, 4) is 0 Å².